The van der Waals surface area contributed by atoms with Crippen LogP contribution in [-0.2, 0) is 36.1 Å². The van der Waals surface area contributed by atoms with Gasteiger partial charge < -0.3 is 23.5 Å². The van der Waals surface area contributed by atoms with Crippen LogP contribution in [0.3, 0.4) is 0 Å². The minimum Gasteiger partial charge on any atom is -0.466 e. The van der Waals surface area contributed by atoms with E-state index in [1.165, 1.54) is 4.57 Å². The third-order valence-electron chi connectivity index (χ3n) is 4.97. The Balaban J connectivity index is 2.20. The number of hydrogen-bond donors (Lipinski definition) is 0. The fourth-order valence-corrected chi connectivity index (χ4v) is 3.78. The lowest BCUT2D eigenvalue weighted by molar-refractivity contribution is -0.163. The topological polar surface area (TPSA) is 93.1 Å². The van der Waals surface area contributed by atoms with Gasteiger partial charge in [-0.3, -0.25) is 9.59 Å². The molecule has 3 rings (SSSR count). The molecule has 0 N–H and O–H groups in total. The van der Waals surface area contributed by atoms with Gasteiger partial charge in [0, 0.05) is 13.0 Å². The summed E-state index contributed by atoms with van der Waals surface area (Å²) in [5.41, 5.74) is 0.247. The van der Waals surface area contributed by atoms with Crippen LogP contribution in [0, 0.1) is 0 Å². The lowest BCUT2D eigenvalue weighted by Crippen LogP contribution is -2.34. The maximum Gasteiger partial charge on any atom is 0.344 e. The van der Waals surface area contributed by atoms with Crippen LogP contribution >= 0.6 is 0 Å². The van der Waals surface area contributed by atoms with Crippen LogP contribution in [0.25, 0.3) is 0 Å². The van der Waals surface area contributed by atoms with Crippen LogP contribution in [0.4, 0.5) is 0 Å². The van der Waals surface area contributed by atoms with Crippen molar-refractivity contribution in [2.45, 2.75) is 51.9 Å². The number of carbonyl (C=O) groups is 2. The van der Waals surface area contributed by atoms with E-state index in [0.717, 1.165) is 0 Å². The monoisotopic (exact) mass is 379 g/mol. The quantitative estimate of drug-likeness (QED) is 0.694. The first-order valence-corrected chi connectivity index (χ1v) is 9.38. The number of esters is 2. The third-order valence-corrected chi connectivity index (χ3v) is 4.97. The standard InChI is InChI=1S/C19H25NO7/c1-4-12(17(22)24-5-2)13-11-14-19(26-9-10-27-19)7-8-20(14)16(21)15(13)18(23)25-6-3/h11-12H,4-10H2,1-3H3. The van der Waals surface area contributed by atoms with E-state index in [1.54, 1.807) is 26.8 Å². The highest BCUT2D eigenvalue weighted by Crippen LogP contribution is 2.41. The minimum atomic E-state index is -0.992. The minimum absolute atomic E-state index is 0.115. The SMILES string of the molecule is CCOC(=O)c1c(C(CC)C(=O)OCC)cc2n(c1=O)CCC21OCCO1. The summed E-state index contributed by atoms with van der Waals surface area (Å²) in [5, 5.41) is 0. The molecular formula is C19H25NO7. The van der Waals surface area contributed by atoms with Gasteiger partial charge >= 0.3 is 11.9 Å². The number of nitrogens with zero attached hydrogens (tertiary/aromatic N) is 1. The van der Waals surface area contributed by atoms with Crippen molar-refractivity contribution >= 4 is 11.9 Å². The van der Waals surface area contributed by atoms with E-state index in [0.29, 0.717) is 43.9 Å². The Morgan fingerprint density at radius 2 is 1.85 bits per heavy atom. The van der Waals surface area contributed by atoms with E-state index in [4.69, 9.17) is 18.9 Å². The van der Waals surface area contributed by atoms with Crippen molar-refractivity contribution in [3.63, 3.8) is 0 Å². The van der Waals surface area contributed by atoms with Crippen LogP contribution in [-0.4, -0.2) is 42.9 Å². The average molecular weight is 379 g/mol. The molecule has 0 aliphatic carbocycles. The highest BCUT2D eigenvalue weighted by atomic mass is 16.7. The first-order valence-electron chi connectivity index (χ1n) is 9.38. The second kappa shape index (κ2) is 7.82. The molecule has 8 nitrogen and oxygen atoms in total. The second-order valence-corrected chi connectivity index (χ2v) is 6.45. The summed E-state index contributed by atoms with van der Waals surface area (Å²) in [6.45, 7) is 6.76. The zero-order valence-electron chi connectivity index (χ0n) is 15.9. The van der Waals surface area contributed by atoms with Crippen molar-refractivity contribution < 1.29 is 28.5 Å². The van der Waals surface area contributed by atoms with E-state index in [9.17, 15) is 14.4 Å². The number of carbonyl (C=O) groups excluding carboxylic acids is 2. The number of pyridine rings is 1. The number of fused-ring (bicyclic) bond motifs is 2. The summed E-state index contributed by atoms with van der Waals surface area (Å²) < 4.78 is 23.3. The van der Waals surface area contributed by atoms with Crippen LogP contribution in [0.15, 0.2) is 10.9 Å². The third kappa shape index (κ3) is 3.27. The Morgan fingerprint density at radius 3 is 2.44 bits per heavy atom. The van der Waals surface area contributed by atoms with Gasteiger partial charge in [-0.05, 0) is 31.9 Å². The normalized spacial score (nSPS) is 18.3. The van der Waals surface area contributed by atoms with E-state index in [1.807, 2.05) is 0 Å². The highest BCUT2D eigenvalue weighted by molar-refractivity contribution is 5.93. The molecule has 1 saturated heterocycles. The summed E-state index contributed by atoms with van der Waals surface area (Å²) in [6.07, 6.45) is 0.854. The molecule has 148 valence electrons. The Kier molecular flexibility index (Phi) is 5.67. The van der Waals surface area contributed by atoms with Crippen LogP contribution in [0.1, 0.15) is 61.1 Å². The van der Waals surface area contributed by atoms with Gasteiger partial charge in [0.2, 0.25) is 5.79 Å². The van der Waals surface area contributed by atoms with Gasteiger partial charge in [0.05, 0.1) is 38.0 Å². The van der Waals surface area contributed by atoms with E-state index in [2.05, 4.69) is 0 Å². The number of hydrogen-bond acceptors (Lipinski definition) is 7. The first kappa shape index (κ1) is 19.6. The zero-order valence-corrected chi connectivity index (χ0v) is 15.9. The summed E-state index contributed by atoms with van der Waals surface area (Å²) in [7, 11) is 0. The number of rotatable bonds is 6. The van der Waals surface area contributed by atoms with Crippen molar-refractivity contribution in [3.8, 4) is 0 Å². The zero-order chi connectivity index (χ0) is 19.6. The van der Waals surface area contributed by atoms with Gasteiger partial charge in [0.25, 0.3) is 5.56 Å². The van der Waals surface area contributed by atoms with Crippen LogP contribution < -0.4 is 5.56 Å². The number of aromatic nitrogens is 1. The van der Waals surface area contributed by atoms with Gasteiger partial charge in [-0.15, -0.1) is 0 Å². The molecule has 1 atom stereocenters. The lowest BCUT2D eigenvalue weighted by Gasteiger charge is -2.24. The molecule has 0 radical (unpaired) electrons. The van der Waals surface area contributed by atoms with Crippen molar-refractivity contribution in [2.75, 3.05) is 26.4 Å². The molecule has 2 aliphatic heterocycles. The molecule has 0 saturated carbocycles. The molecule has 8 heteroatoms. The molecule has 3 heterocycles. The predicted molar refractivity (Wildman–Crippen MR) is 94.5 cm³/mol. The van der Waals surface area contributed by atoms with Crippen molar-refractivity contribution in [1.82, 2.24) is 4.57 Å². The van der Waals surface area contributed by atoms with Gasteiger partial charge in [-0.25, -0.2) is 4.79 Å². The van der Waals surface area contributed by atoms with E-state index < -0.39 is 29.2 Å². The molecule has 0 bridgehead atoms. The molecule has 1 fully saturated rings. The molecule has 1 spiro atoms. The Hall–Kier alpha value is -2.19. The van der Waals surface area contributed by atoms with Crippen LogP contribution in [0.5, 0.6) is 0 Å². The fourth-order valence-electron chi connectivity index (χ4n) is 3.78. The maximum atomic E-state index is 13.1. The summed E-state index contributed by atoms with van der Waals surface area (Å²) in [5.74, 6) is -2.95. The summed E-state index contributed by atoms with van der Waals surface area (Å²) in [6, 6.07) is 1.68. The van der Waals surface area contributed by atoms with Gasteiger partial charge in [0.15, 0.2) is 0 Å². The molecule has 1 aromatic heterocycles. The smallest absolute Gasteiger partial charge is 0.344 e. The number of ether oxygens (including phenoxy) is 4. The molecule has 1 unspecified atom stereocenters. The van der Waals surface area contributed by atoms with Crippen molar-refractivity contribution in [1.29, 1.82) is 0 Å². The molecular weight excluding hydrogens is 354 g/mol. The van der Waals surface area contributed by atoms with Gasteiger partial charge in [-0.2, -0.15) is 0 Å². The van der Waals surface area contributed by atoms with Gasteiger partial charge in [-0.1, -0.05) is 6.92 Å². The second-order valence-electron chi connectivity index (χ2n) is 6.45. The maximum absolute atomic E-state index is 13.1. The van der Waals surface area contributed by atoms with Crippen LogP contribution in [0.2, 0.25) is 0 Å². The molecule has 27 heavy (non-hydrogen) atoms. The highest BCUT2D eigenvalue weighted by Gasteiger charge is 2.47. The molecule has 0 aromatic carbocycles. The Bertz CT molecular complexity index is 792. The fraction of sp³-hybridized carbons (Fsp3) is 0.632. The predicted octanol–water partition coefficient (Wildman–Crippen LogP) is 1.69. The molecule has 1 aromatic rings. The van der Waals surface area contributed by atoms with Gasteiger partial charge in [0.1, 0.15) is 5.56 Å². The average Bonchev–Trinajstić information content (AvgIpc) is 3.25. The largest absolute Gasteiger partial charge is 0.466 e. The summed E-state index contributed by atoms with van der Waals surface area (Å²) >= 11 is 0. The lowest BCUT2D eigenvalue weighted by atomic mass is 9.91. The Labute approximate surface area is 157 Å². The van der Waals surface area contributed by atoms with E-state index >= 15 is 0 Å². The van der Waals surface area contributed by atoms with Crippen molar-refractivity contribution in [3.05, 3.63) is 33.2 Å². The van der Waals surface area contributed by atoms with E-state index in [-0.39, 0.29) is 18.8 Å². The summed E-state index contributed by atoms with van der Waals surface area (Å²) in [4.78, 5) is 38.2. The Morgan fingerprint density at radius 1 is 1.19 bits per heavy atom. The molecule has 0 amide bonds. The first-order chi connectivity index (χ1) is 13.0. The molecule has 2 aliphatic rings. The van der Waals surface area contributed by atoms with Crippen molar-refractivity contribution in [2.24, 2.45) is 0 Å².